The summed E-state index contributed by atoms with van der Waals surface area (Å²) in [6.07, 6.45) is 7.84. The van der Waals surface area contributed by atoms with Gasteiger partial charge in [-0.25, -0.2) is 22.5 Å². The number of hydrogen-bond donors (Lipinski definition) is 0. The first-order chi connectivity index (χ1) is 18.9. The SMILES string of the molecule is COCC12Cc3cnn(-c4ccc(F)cc4)c3C=C1CCN(S(=O)(=O)c1ccc(N3CC4CC3CO4)nc1)C2. The van der Waals surface area contributed by atoms with Gasteiger partial charge < -0.3 is 14.4 Å². The molecule has 3 saturated heterocycles. The van der Waals surface area contributed by atoms with Crippen LogP contribution in [0.25, 0.3) is 11.8 Å². The number of hydrogen-bond acceptors (Lipinski definition) is 7. The van der Waals surface area contributed by atoms with E-state index in [1.807, 2.05) is 16.9 Å². The van der Waals surface area contributed by atoms with Crippen molar-refractivity contribution in [3.63, 3.8) is 0 Å². The average molecular weight is 552 g/mol. The maximum atomic E-state index is 13.8. The molecule has 5 heterocycles. The molecule has 3 atom stereocenters. The van der Waals surface area contributed by atoms with Gasteiger partial charge in [-0.2, -0.15) is 9.40 Å². The lowest BCUT2D eigenvalue weighted by molar-refractivity contribution is 0.0733. The van der Waals surface area contributed by atoms with Crippen LogP contribution in [-0.2, 0) is 25.9 Å². The Hall–Kier alpha value is -3.12. The molecule has 0 saturated carbocycles. The van der Waals surface area contributed by atoms with Gasteiger partial charge in [-0.05, 0) is 67.3 Å². The summed E-state index contributed by atoms with van der Waals surface area (Å²) in [5.41, 5.74) is 3.38. The first kappa shape index (κ1) is 24.9. The minimum atomic E-state index is -3.75. The van der Waals surface area contributed by atoms with Gasteiger partial charge in [0, 0.05) is 38.4 Å². The van der Waals surface area contributed by atoms with Gasteiger partial charge in [0.2, 0.25) is 10.0 Å². The van der Waals surface area contributed by atoms with Crippen LogP contribution in [0.2, 0.25) is 0 Å². The second-order valence-corrected chi connectivity index (χ2v) is 12.9. The predicted molar refractivity (Wildman–Crippen MR) is 143 cm³/mol. The van der Waals surface area contributed by atoms with E-state index in [4.69, 9.17) is 9.47 Å². The van der Waals surface area contributed by atoms with E-state index in [0.29, 0.717) is 45.2 Å². The summed E-state index contributed by atoms with van der Waals surface area (Å²) >= 11 is 0. The molecule has 0 N–H and O–H groups in total. The number of rotatable bonds is 6. The topological polar surface area (TPSA) is 89.8 Å². The number of halogens is 1. The molecule has 2 bridgehead atoms. The standard InChI is InChI=1S/C28H30FN5O4S/c1-37-18-28-12-19-13-31-34(22-4-2-21(29)3-5-22)26(19)10-20(28)8-9-32(17-28)39(35,36)25-6-7-27(30-14-25)33-15-24-11-23(33)16-38-24/h2-7,10,13-14,23-24H,8-9,11-12,15-18H2,1H3. The minimum Gasteiger partial charge on any atom is -0.384 e. The zero-order valence-electron chi connectivity index (χ0n) is 21.7. The van der Waals surface area contributed by atoms with Gasteiger partial charge in [-0.3, -0.25) is 0 Å². The van der Waals surface area contributed by atoms with Gasteiger partial charge in [0.1, 0.15) is 16.5 Å². The highest BCUT2D eigenvalue weighted by Crippen LogP contribution is 2.45. The lowest BCUT2D eigenvalue weighted by Gasteiger charge is -2.45. The molecule has 1 aromatic carbocycles. The van der Waals surface area contributed by atoms with Crippen molar-refractivity contribution in [2.45, 2.75) is 36.3 Å². The summed E-state index contributed by atoms with van der Waals surface area (Å²) in [5, 5.41) is 4.57. The van der Waals surface area contributed by atoms with Gasteiger partial charge >= 0.3 is 0 Å². The van der Waals surface area contributed by atoms with Crippen LogP contribution >= 0.6 is 0 Å². The number of nitrogens with zero attached hydrogens (tertiary/aromatic N) is 5. The maximum absolute atomic E-state index is 13.8. The smallest absolute Gasteiger partial charge is 0.244 e. The fourth-order valence-electron chi connectivity index (χ4n) is 6.62. The highest BCUT2D eigenvalue weighted by molar-refractivity contribution is 7.89. The summed E-state index contributed by atoms with van der Waals surface area (Å²) in [5.74, 6) is 0.496. The van der Waals surface area contributed by atoms with Crippen LogP contribution in [0.4, 0.5) is 10.2 Å². The molecule has 4 aliphatic rings. The predicted octanol–water partition coefficient (Wildman–Crippen LogP) is 3.05. The van der Waals surface area contributed by atoms with Crippen LogP contribution in [0.15, 0.2) is 59.3 Å². The Kier molecular flexibility index (Phi) is 5.89. The number of sulfonamides is 1. The molecule has 2 aromatic heterocycles. The lowest BCUT2D eigenvalue weighted by atomic mass is 9.69. The summed E-state index contributed by atoms with van der Waals surface area (Å²) in [4.78, 5) is 6.95. The third-order valence-corrected chi connectivity index (χ3v) is 10.4. The summed E-state index contributed by atoms with van der Waals surface area (Å²) in [6, 6.07) is 10.0. The number of benzene rings is 1. The van der Waals surface area contributed by atoms with Crippen LogP contribution in [-0.4, -0.2) is 79.6 Å². The zero-order chi connectivity index (χ0) is 26.8. The van der Waals surface area contributed by atoms with E-state index in [-0.39, 0.29) is 16.8 Å². The molecule has 3 aromatic rings. The fraction of sp³-hybridized carbons (Fsp3) is 0.429. The second-order valence-electron chi connectivity index (χ2n) is 10.9. The van der Waals surface area contributed by atoms with E-state index >= 15 is 0 Å². The lowest BCUT2D eigenvalue weighted by Crippen LogP contribution is -2.51. The highest BCUT2D eigenvalue weighted by atomic mass is 32.2. The van der Waals surface area contributed by atoms with Crippen LogP contribution in [0, 0.1) is 11.2 Å². The number of morpholine rings is 1. The fourth-order valence-corrected chi connectivity index (χ4v) is 8.09. The molecular formula is C28H30FN5O4S. The van der Waals surface area contributed by atoms with E-state index in [0.717, 1.165) is 41.3 Å². The van der Waals surface area contributed by atoms with Gasteiger partial charge in [0.05, 0.1) is 42.9 Å². The summed E-state index contributed by atoms with van der Waals surface area (Å²) in [7, 11) is -2.10. The molecule has 7 rings (SSSR count). The van der Waals surface area contributed by atoms with Crippen molar-refractivity contribution in [1.82, 2.24) is 19.1 Å². The number of aromatic nitrogens is 3. The molecule has 204 valence electrons. The normalized spacial score (nSPS) is 26.4. The van der Waals surface area contributed by atoms with E-state index in [9.17, 15) is 12.8 Å². The Morgan fingerprint density at radius 1 is 1.18 bits per heavy atom. The minimum absolute atomic E-state index is 0.201. The average Bonchev–Trinajstić information content (AvgIpc) is 3.68. The van der Waals surface area contributed by atoms with Gasteiger partial charge in [0.25, 0.3) is 0 Å². The molecule has 3 fully saturated rings. The number of piperidine rings is 1. The van der Waals surface area contributed by atoms with Crippen molar-refractivity contribution in [3.05, 3.63) is 71.4 Å². The first-order valence-electron chi connectivity index (χ1n) is 13.2. The van der Waals surface area contributed by atoms with Crippen LogP contribution in [0.3, 0.4) is 0 Å². The molecular weight excluding hydrogens is 521 g/mol. The van der Waals surface area contributed by atoms with E-state index in [1.54, 1.807) is 29.6 Å². The van der Waals surface area contributed by atoms with Crippen molar-refractivity contribution in [1.29, 1.82) is 0 Å². The largest absolute Gasteiger partial charge is 0.384 e. The molecule has 3 aliphatic heterocycles. The molecule has 0 amide bonds. The third-order valence-electron chi connectivity index (χ3n) is 8.56. The molecule has 9 nitrogen and oxygen atoms in total. The Morgan fingerprint density at radius 3 is 2.72 bits per heavy atom. The monoisotopic (exact) mass is 551 g/mol. The molecule has 39 heavy (non-hydrogen) atoms. The van der Waals surface area contributed by atoms with E-state index < -0.39 is 15.4 Å². The number of anilines is 1. The van der Waals surface area contributed by atoms with Crippen LogP contribution in [0.5, 0.6) is 0 Å². The summed E-state index contributed by atoms with van der Waals surface area (Å²) in [6.45, 7) is 2.56. The molecule has 3 unspecified atom stereocenters. The van der Waals surface area contributed by atoms with Crippen LogP contribution < -0.4 is 4.90 Å². The number of methoxy groups -OCH3 is 1. The molecule has 1 aliphatic carbocycles. The Labute approximate surface area is 226 Å². The maximum Gasteiger partial charge on any atom is 0.244 e. The van der Waals surface area contributed by atoms with Crippen molar-refractivity contribution >= 4 is 21.9 Å². The van der Waals surface area contributed by atoms with Crippen LogP contribution in [0.1, 0.15) is 24.1 Å². The van der Waals surface area contributed by atoms with Crippen molar-refractivity contribution in [2.75, 3.05) is 44.9 Å². The quantitative estimate of drug-likeness (QED) is 0.465. The number of fused-ring (bicyclic) bond motifs is 4. The van der Waals surface area contributed by atoms with E-state index in [1.165, 1.54) is 18.3 Å². The zero-order valence-corrected chi connectivity index (χ0v) is 22.5. The van der Waals surface area contributed by atoms with Crippen molar-refractivity contribution < 1.29 is 22.3 Å². The Morgan fingerprint density at radius 2 is 2.03 bits per heavy atom. The molecule has 0 radical (unpaired) electrons. The summed E-state index contributed by atoms with van der Waals surface area (Å²) < 4.78 is 55.8. The first-order valence-corrected chi connectivity index (χ1v) is 14.7. The van der Waals surface area contributed by atoms with Gasteiger partial charge in [-0.1, -0.05) is 5.57 Å². The number of pyridine rings is 1. The Bertz CT molecular complexity index is 1540. The number of ether oxygens (including phenoxy) is 2. The molecule has 0 spiro atoms. The molecule has 11 heteroatoms. The van der Waals surface area contributed by atoms with Gasteiger partial charge in [0.15, 0.2) is 0 Å². The second kappa shape index (κ2) is 9.22. The van der Waals surface area contributed by atoms with Crippen molar-refractivity contribution in [3.8, 4) is 5.69 Å². The van der Waals surface area contributed by atoms with E-state index in [2.05, 4.69) is 21.1 Å². The van der Waals surface area contributed by atoms with Gasteiger partial charge in [-0.15, -0.1) is 0 Å². The van der Waals surface area contributed by atoms with Crippen molar-refractivity contribution in [2.24, 2.45) is 5.41 Å². The Balaban J connectivity index is 1.15. The highest BCUT2D eigenvalue weighted by Gasteiger charge is 2.46. The third kappa shape index (κ3) is 4.10.